The first-order valence-electron chi connectivity index (χ1n) is 4.78. The number of rotatable bonds is 1. The van der Waals surface area contributed by atoms with E-state index in [1.165, 1.54) is 11.1 Å². The second kappa shape index (κ2) is 3.54. The van der Waals surface area contributed by atoms with E-state index in [9.17, 15) is 0 Å². The van der Waals surface area contributed by atoms with E-state index in [1.807, 2.05) is 0 Å². The molecule has 0 aliphatic heterocycles. The molecule has 1 aromatic carbocycles. The van der Waals surface area contributed by atoms with E-state index in [0.717, 1.165) is 3.63 Å². The van der Waals surface area contributed by atoms with E-state index >= 15 is 0 Å². The molecule has 1 aromatic rings. The van der Waals surface area contributed by atoms with Gasteiger partial charge < -0.3 is 0 Å². The van der Waals surface area contributed by atoms with E-state index in [0.29, 0.717) is 0 Å². The van der Waals surface area contributed by atoms with Crippen molar-refractivity contribution < 1.29 is 21.8 Å². The first-order chi connectivity index (χ1) is 6.20. The number of aryl methyl sites for hydroxylation is 1. The standard InChI is InChI=1S/C10H9.2CH3.Zr/c1-8-4-2-5-9-6-3-7-10(8)9;;;/h2-7H,1H3;2*1H3;. The molecule has 0 aromatic heterocycles. The van der Waals surface area contributed by atoms with Gasteiger partial charge in [-0.15, -0.1) is 0 Å². The number of fused-ring (bicyclic) bond motifs is 1. The molecule has 0 heterocycles. The Kier molecular flexibility index (Phi) is 2.56. The van der Waals surface area contributed by atoms with Crippen LogP contribution in [0.3, 0.4) is 0 Å². The second-order valence-corrected chi connectivity index (χ2v) is 10.8. The van der Waals surface area contributed by atoms with Crippen LogP contribution in [0.4, 0.5) is 0 Å². The summed E-state index contributed by atoms with van der Waals surface area (Å²) in [6, 6.07) is 6.64. The van der Waals surface area contributed by atoms with Gasteiger partial charge in [-0.2, -0.15) is 0 Å². The molecule has 1 atom stereocenters. The van der Waals surface area contributed by atoms with E-state index in [2.05, 4.69) is 46.5 Å². The van der Waals surface area contributed by atoms with Crippen LogP contribution in [0.25, 0.3) is 6.08 Å². The van der Waals surface area contributed by atoms with Crippen molar-refractivity contribution in [2.75, 3.05) is 0 Å². The topological polar surface area (TPSA) is 0 Å². The van der Waals surface area contributed by atoms with Crippen molar-refractivity contribution in [1.29, 1.82) is 0 Å². The molecular formula is C12H15Zr. The van der Waals surface area contributed by atoms with Gasteiger partial charge in [0, 0.05) is 0 Å². The van der Waals surface area contributed by atoms with E-state index < -0.39 is 21.8 Å². The fourth-order valence-corrected chi connectivity index (χ4v) is 5.62. The van der Waals surface area contributed by atoms with Gasteiger partial charge in [0.15, 0.2) is 0 Å². The van der Waals surface area contributed by atoms with Crippen molar-refractivity contribution in [2.45, 2.75) is 19.8 Å². The molecule has 0 fully saturated rings. The Morgan fingerprint density at radius 3 is 2.69 bits per heavy atom. The molecule has 67 valence electrons. The zero-order chi connectivity index (χ0) is 9.42. The van der Waals surface area contributed by atoms with Crippen LogP contribution < -0.4 is 0 Å². The van der Waals surface area contributed by atoms with Crippen molar-refractivity contribution in [2.24, 2.45) is 0 Å². The summed E-state index contributed by atoms with van der Waals surface area (Å²) < 4.78 is 5.80. The van der Waals surface area contributed by atoms with E-state index in [-0.39, 0.29) is 0 Å². The summed E-state index contributed by atoms with van der Waals surface area (Å²) >= 11 is -1.11. The normalized spacial score (nSPS) is 18.8. The number of allylic oxidation sites excluding steroid dienone is 1. The summed E-state index contributed by atoms with van der Waals surface area (Å²) in [4.78, 5) is 0. The molecule has 1 heteroatoms. The molecule has 1 aliphatic carbocycles. The van der Waals surface area contributed by atoms with Crippen LogP contribution in [0.1, 0.15) is 20.3 Å². The summed E-state index contributed by atoms with van der Waals surface area (Å²) in [5, 5.41) is 0. The Hall–Kier alpha value is -0.157. The minimum absolute atomic E-state index is 0.832. The molecule has 0 amide bonds. The van der Waals surface area contributed by atoms with Crippen LogP contribution >= 0.6 is 0 Å². The number of hydrogen-bond acceptors (Lipinski definition) is 0. The van der Waals surface area contributed by atoms with Crippen LogP contribution in [-0.2, 0) is 21.8 Å². The third kappa shape index (κ3) is 1.59. The Balaban J connectivity index is 2.51. The second-order valence-electron chi connectivity index (χ2n) is 3.99. The molecule has 0 spiro atoms. The molecule has 0 nitrogen and oxygen atoms in total. The van der Waals surface area contributed by atoms with Gasteiger partial charge in [0.1, 0.15) is 0 Å². The third-order valence-electron chi connectivity index (χ3n) is 2.76. The van der Waals surface area contributed by atoms with Gasteiger partial charge in [-0.3, -0.25) is 0 Å². The van der Waals surface area contributed by atoms with Gasteiger partial charge in [0.25, 0.3) is 0 Å². The summed E-state index contributed by atoms with van der Waals surface area (Å²) in [6.45, 7) is 2.24. The van der Waals surface area contributed by atoms with Crippen LogP contribution in [0.15, 0.2) is 24.3 Å². The molecule has 13 heavy (non-hydrogen) atoms. The quantitative estimate of drug-likeness (QED) is 0.711. The fourth-order valence-electron chi connectivity index (χ4n) is 2.05. The van der Waals surface area contributed by atoms with Gasteiger partial charge in [-0.1, -0.05) is 0 Å². The van der Waals surface area contributed by atoms with Crippen LogP contribution in [0.5, 0.6) is 0 Å². The molecule has 1 unspecified atom stereocenters. The maximum atomic E-state index is 2.48. The molecule has 0 N–H and O–H groups in total. The third-order valence-corrected chi connectivity index (χ3v) is 7.00. The fraction of sp³-hybridized carbons (Fsp3) is 0.333. The first-order valence-corrected chi connectivity index (χ1v) is 11.1. The predicted molar refractivity (Wildman–Crippen MR) is 54.7 cm³/mol. The van der Waals surface area contributed by atoms with Crippen molar-refractivity contribution in [3.8, 4) is 0 Å². The molecule has 0 saturated carbocycles. The van der Waals surface area contributed by atoms with Gasteiger partial charge >= 0.3 is 88.6 Å². The monoisotopic (exact) mass is 249 g/mol. The average molecular weight is 250 g/mol. The Labute approximate surface area is 88.3 Å². The Bertz CT molecular complexity index is 350. The first kappa shape index (κ1) is 9.40. The van der Waals surface area contributed by atoms with E-state index in [4.69, 9.17) is 0 Å². The maximum absolute atomic E-state index is 2.48. The zero-order valence-electron chi connectivity index (χ0n) is 8.46. The van der Waals surface area contributed by atoms with Gasteiger partial charge in [-0.05, 0) is 0 Å². The van der Waals surface area contributed by atoms with Crippen LogP contribution in [-0.4, -0.2) is 0 Å². The molecular weight excluding hydrogens is 235 g/mol. The average Bonchev–Trinajstić information content (AvgIpc) is 2.49. The van der Waals surface area contributed by atoms with Gasteiger partial charge in [0.05, 0.1) is 0 Å². The summed E-state index contributed by atoms with van der Waals surface area (Å²) in [5.41, 5.74) is 4.57. The number of benzene rings is 1. The van der Waals surface area contributed by atoms with Crippen molar-refractivity contribution in [1.82, 2.24) is 0 Å². The minimum atomic E-state index is -1.11. The van der Waals surface area contributed by atoms with E-state index in [1.54, 1.807) is 5.56 Å². The SMILES string of the molecule is Cc1cccc2c1[CH]([Zr]([CH3])[CH3])C=C2. The van der Waals surface area contributed by atoms with Crippen LogP contribution in [0.2, 0.25) is 9.26 Å². The van der Waals surface area contributed by atoms with Crippen molar-refractivity contribution in [3.05, 3.63) is 41.0 Å². The molecule has 1 aliphatic rings. The predicted octanol–water partition coefficient (Wildman–Crippen LogP) is 3.78. The van der Waals surface area contributed by atoms with Crippen molar-refractivity contribution >= 4 is 6.08 Å². The Morgan fingerprint density at radius 1 is 1.23 bits per heavy atom. The summed E-state index contributed by atoms with van der Waals surface area (Å²) in [5.74, 6) is 0. The molecule has 0 saturated heterocycles. The molecule has 0 bridgehead atoms. The Morgan fingerprint density at radius 2 is 2.00 bits per heavy atom. The molecule has 2 rings (SSSR count). The zero-order valence-corrected chi connectivity index (χ0v) is 10.9. The molecule has 0 radical (unpaired) electrons. The number of hydrogen-bond donors (Lipinski definition) is 0. The van der Waals surface area contributed by atoms with Gasteiger partial charge in [0.2, 0.25) is 0 Å². The summed E-state index contributed by atoms with van der Waals surface area (Å²) in [6.07, 6.45) is 4.73. The van der Waals surface area contributed by atoms with Gasteiger partial charge in [-0.25, -0.2) is 0 Å². The summed E-state index contributed by atoms with van der Waals surface area (Å²) in [7, 11) is 0. The van der Waals surface area contributed by atoms with Crippen LogP contribution in [0, 0.1) is 6.92 Å². The van der Waals surface area contributed by atoms with Crippen molar-refractivity contribution in [3.63, 3.8) is 0 Å².